The number of halogens is 1. The van der Waals surface area contributed by atoms with Gasteiger partial charge in [-0.2, -0.15) is 4.31 Å². The van der Waals surface area contributed by atoms with E-state index in [4.69, 9.17) is 0 Å². The fraction of sp³-hybridized carbons (Fsp3) is 0.400. The van der Waals surface area contributed by atoms with Gasteiger partial charge in [0.15, 0.2) is 5.82 Å². The van der Waals surface area contributed by atoms with Gasteiger partial charge in [0.25, 0.3) is 10.0 Å². The second kappa shape index (κ2) is 5.87. The van der Waals surface area contributed by atoms with Crippen molar-refractivity contribution in [1.82, 2.24) is 9.29 Å². The number of hydrogen-bond donors (Lipinski definition) is 0. The van der Waals surface area contributed by atoms with Crippen molar-refractivity contribution in [3.05, 3.63) is 24.1 Å². The van der Waals surface area contributed by atoms with Gasteiger partial charge in [-0.15, -0.1) is 0 Å². The molecule has 6 nitrogen and oxygen atoms in total. The molecule has 0 spiro atoms. The second-order valence-electron chi connectivity index (χ2n) is 3.44. The van der Waals surface area contributed by atoms with E-state index in [1.807, 2.05) is 0 Å². The monoisotopic (exact) mass is 276 g/mol. The van der Waals surface area contributed by atoms with Crippen LogP contribution in [0.4, 0.5) is 4.39 Å². The number of esters is 1. The molecule has 0 aromatic carbocycles. The lowest BCUT2D eigenvalue weighted by atomic mass is 10.4. The number of nitrogens with zero attached hydrogens (tertiary/aromatic N) is 2. The molecule has 0 saturated carbocycles. The van der Waals surface area contributed by atoms with Crippen LogP contribution in [0.1, 0.15) is 6.42 Å². The SMILES string of the molecule is COC(=O)CCN(C)S(=O)(=O)c1ncccc1F. The van der Waals surface area contributed by atoms with Gasteiger partial charge in [0.1, 0.15) is 0 Å². The van der Waals surface area contributed by atoms with E-state index in [0.29, 0.717) is 0 Å². The molecule has 1 heterocycles. The van der Waals surface area contributed by atoms with Crippen molar-refractivity contribution in [2.75, 3.05) is 20.7 Å². The number of methoxy groups -OCH3 is 1. The third kappa shape index (κ3) is 3.23. The molecule has 0 aliphatic heterocycles. The fourth-order valence-electron chi connectivity index (χ4n) is 1.18. The van der Waals surface area contributed by atoms with E-state index in [-0.39, 0.29) is 13.0 Å². The van der Waals surface area contributed by atoms with E-state index in [2.05, 4.69) is 9.72 Å². The number of rotatable bonds is 5. The van der Waals surface area contributed by atoms with Gasteiger partial charge in [-0.3, -0.25) is 4.79 Å². The summed E-state index contributed by atoms with van der Waals surface area (Å²) in [5.41, 5.74) is 0. The lowest BCUT2D eigenvalue weighted by Crippen LogP contribution is -2.30. The number of sulfonamides is 1. The molecule has 0 aliphatic carbocycles. The van der Waals surface area contributed by atoms with E-state index in [0.717, 1.165) is 10.4 Å². The van der Waals surface area contributed by atoms with Crippen LogP contribution in [-0.4, -0.2) is 44.4 Å². The summed E-state index contributed by atoms with van der Waals surface area (Å²) in [4.78, 5) is 14.4. The van der Waals surface area contributed by atoms with Crippen LogP contribution in [0.25, 0.3) is 0 Å². The van der Waals surface area contributed by atoms with Crippen molar-refractivity contribution in [2.24, 2.45) is 0 Å². The Balaban J connectivity index is 2.87. The van der Waals surface area contributed by atoms with Crippen LogP contribution in [-0.2, 0) is 19.6 Å². The van der Waals surface area contributed by atoms with Crippen molar-refractivity contribution in [2.45, 2.75) is 11.4 Å². The van der Waals surface area contributed by atoms with Gasteiger partial charge in [-0.25, -0.2) is 17.8 Å². The Labute approximate surface area is 104 Å². The molecule has 0 fully saturated rings. The number of ether oxygens (including phenoxy) is 1. The Bertz CT molecular complexity index is 532. The van der Waals surface area contributed by atoms with E-state index >= 15 is 0 Å². The highest BCUT2D eigenvalue weighted by molar-refractivity contribution is 7.89. The average molecular weight is 276 g/mol. The molecule has 0 unspecified atom stereocenters. The number of aromatic nitrogens is 1. The van der Waals surface area contributed by atoms with Gasteiger partial charge in [0.2, 0.25) is 5.03 Å². The Morgan fingerprint density at radius 2 is 2.22 bits per heavy atom. The van der Waals surface area contributed by atoms with Crippen LogP contribution < -0.4 is 0 Å². The summed E-state index contributed by atoms with van der Waals surface area (Å²) in [7, 11) is -1.59. The zero-order valence-corrected chi connectivity index (χ0v) is 10.8. The number of pyridine rings is 1. The highest BCUT2D eigenvalue weighted by Crippen LogP contribution is 2.15. The van der Waals surface area contributed by atoms with E-state index in [1.54, 1.807) is 0 Å². The zero-order chi connectivity index (χ0) is 13.8. The van der Waals surface area contributed by atoms with Crippen LogP contribution in [0.2, 0.25) is 0 Å². The predicted octanol–water partition coefficient (Wildman–Crippen LogP) is 0.404. The Morgan fingerprint density at radius 1 is 1.56 bits per heavy atom. The second-order valence-corrected chi connectivity index (χ2v) is 5.40. The van der Waals surface area contributed by atoms with Crippen molar-refractivity contribution >= 4 is 16.0 Å². The maximum atomic E-state index is 13.4. The Kier molecular flexibility index (Phi) is 4.74. The van der Waals surface area contributed by atoms with Crippen molar-refractivity contribution < 1.29 is 22.3 Å². The molecule has 0 N–H and O–H groups in total. The largest absolute Gasteiger partial charge is 0.469 e. The van der Waals surface area contributed by atoms with Crippen molar-refractivity contribution in [1.29, 1.82) is 0 Å². The summed E-state index contributed by atoms with van der Waals surface area (Å²) in [6.07, 6.45) is 1.07. The van der Waals surface area contributed by atoms with Crippen LogP contribution in [0.3, 0.4) is 0 Å². The third-order valence-electron chi connectivity index (χ3n) is 2.24. The summed E-state index contributed by atoms with van der Waals surface area (Å²) in [5, 5.41) is -0.655. The topological polar surface area (TPSA) is 76.6 Å². The van der Waals surface area contributed by atoms with Crippen molar-refractivity contribution in [3.8, 4) is 0 Å². The highest BCUT2D eigenvalue weighted by atomic mass is 32.2. The normalized spacial score (nSPS) is 11.6. The summed E-state index contributed by atoms with van der Waals surface area (Å²) in [5.74, 6) is -1.47. The van der Waals surface area contributed by atoms with Crippen LogP contribution >= 0.6 is 0 Å². The van der Waals surface area contributed by atoms with Gasteiger partial charge < -0.3 is 4.74 Å². The maximum absolute atomic E-state index is 13.4. The lowest BCUT2D eigenvalue weighted by molar-refractivity contribution is -0.140. The first kappa shape index (κ1) is 14.5. The zero-order valence-electron chi connectivity index (χ0n) is 9.96. The molecule has 18 heavy (non-hydrogen) atoms. The Morgan fingerprint density at radius 3 is 2.78 bits per heavy atom. The molecule has 100 valence electrons. The number of carbonyl (C=O) groups excluding carboxylic acids is 1. The van der Waals surface area contributed by atoms with Gasteiger partial charge in [0, 0.05) is 19.8 Å². The molecular weight excluding hydrogens is 263 g/mol. The smallest absolute Gasteiger partial charge is 0.306 e. The standard InChI is InChI=1S/C10H13FN2O4S/c1-13(7-5-9(14)17-2)18(15,16)10-8(11)4-3-6-12-10/h3-4,6H,5,7H2,1-2H3. The van der Waals surface area contributed by atoms with Crippen LogP contribution in [0.5, 0.6) is 0 Å². The minimum absolute atomic E-state index is 0.106. The molecule has 1 aromatic heterocycles. The fourth-order valence-corrected chi connectivity index (χ4v) is 2.32. The Hall–Kier alpha value is -1.54. The predicted molar refractivity (Wildman–Crippen MR) is 60.6 cm³/mol. The average Bonchev–Trinajstić information content (AvgIpc) is 2.35. The molecule has 1 rings (SSSR count). The molecular formula is C10H13FN2O4S. The van der Waals surface area contributed by atoms with E-state index < -0.39 is 26.8 Å². The van der Waals surface area contributed by atoms with Gasteiger partial charge in [-0.05, 0) is 12.1 Å². The first-order valence-electron chi connectivity index (χ1n) is 5.03. The van der Waals surface area contributed by atoms with Gasteiger partial charge in [0.05, 0.1) is 13.5 Å². The highest BCUT2D eigenvalue weighted by Gasteiger charge is 2.26. The molecule has 0 bridgehead atoms. The van der Waals surface area contributed by atoms with E-state index in [1.165, 1.54) is 26.4 Å². The van der Waals surface area contributed by atoms with Crippen LogP contribution in [0, 0.1) is 5.82 Å². The first-order valence-corrected chi connectivity index (χ1v) is 6.47. The molecule has 0 aliphatic rings. The molecule has 8 heteroatoms. The minimum Gasteiger partial charge on any atom is -0.469 e. The molecule has 0 radical (unpaired) electrons. The number of hydrogen-bond acceptors (Lipinski definition) is 5. The molecule has 0 saturated heterocycles. The molecule has 1 aromatic rings. The summed E-state index contributed by atoms with van der Waals surface area (Å²) < 4.78 is 42.5. The minimum atomic E-state index is -4.03. The maximum Gasteiger partial charge on any atom is 0.306 e. The summed E-state index contributed by atoms with van der Waals surface area (Å²) in [6.45, 7) is -0.106. The number of carbonyl (C=O) groups is 1. The van der Waals surface area contributed by atoms with Crippen LogP contribution in [0.15, 0.2) is 23.4 Å². The third-order valence-corrected chi connectivity index (χ3v) is 4.03. The molecule has 0 atom stereocenters. The van der Waals surface area contributed by atoms with Crippen molar-refractivity contribution in [3.63, 3.8) is 0 Å². The first-order chi connectivity index (χ1) is 8.39. The lowest BCUT2D eigenvalue weighted by Gasteiger charge is -2.15. The van der Waals surface area contributed by atoms with Gasteiger partial charge >= 0.3 is 5.97 Å². The van der Waals surface area contributed by atoms with E-state index in [9.17, 15) is 17.6 Å². The molecule has 0 amide bonds. The quantitative estimate of drug-likeness (QED) is 0.728. The summed E-state index contributed by atoms with van der Waals surface area (Å²) >= 11 is 0. The van der Waals surface area contributed by atoms with Gasteiger partial charge in [-0.1, -0.05) is 0 Å². The summed E-state index contributed by atoms with van der Waals surface area (Å²) in [6, 6.07) is 2.30.